The summed E-state index contributed by atoms with van der Waals surface area (Å²) >= 11 is 1.64. The molecule has 3 aromatic rings. The number of hydrogen-bond donors (Lipinski definition) is 1. The van der Waals surface area contributed by atoms with Crippen LogP contribution >= 0.6 is 11.3 Å². The van der Waals surface area contributed by atoms with Crippen molar-refractivity contribution in [3.05, 3.63) is 75.5 Å². The highest BCUT2D eigenvalue weighted by Gasteiger charge is 2.22. The number of carbonyl (C=O) groups is 1. The molecule has 4 nitrogen and oxygen atoms in total. The number of imidazole rings is 1. The van der Waals surface area contributed by atoms with E-state index in [-0.39, 0.29) is 5.78 Å². The maximum absolute atomic E-state index is 12.7. The standard InChI is InChI=1S/C20H18N2O2S/c23-20-16(11-14-6-10-25-13-14)2-1-15-12-17(3-4-18(15)20)24-9-5-19-21-7-8-22-19/h3-4,6-8,10-13H,1-2,5,9H2,(H,21,22). The number of benzene rings is 1. The molecule has 2 heterocycles. The predicted molar refractivity (Wildman–Crippen MR) is 99.2 cm³/mol. The van der Waals surface area contributed by atoms with E-state index >= 15 is 0 Å². The minimum absolute atomic E-state index is 0.134. The van der Waals surface area contributed by atoms with Crippen molar-refractivity contribution in [3.63, 3.8) is 0 Å². The Morgan fingerprint density at radius 1 is 1.28 bits per heavy atom. The van der Waals surface area contributed by atoms with Crippen molar-refractivity contribution in [2.24, 2.45) is 0 Å². The van der Waals surface area contributed by atoms with E-state index in [1.807, 2.05) is 35.7 Å². The van der Waals surface area contributed by atoms with Crippen molar-refractivity contribution >= 4 is 23.2 Å². The van der Waals surface area contributed by atoms with Crippen molar-refractivity contribution in [1.29, 1.82) is 0 Å². The molecule has 0 saturated heterocycles. The summed E-state index contributed by atoms with van der Waals surface area (Å²) in [4.78, 5) is 19.9. The number of rotatable bonds is 5. The average Bonchev–Trinajstić information content (AvgIpc) is 3.31. The van der Waals surface area contributed by atoms with Gasteiger partial charge in [-0.1, -0.05) is 0 Å². The van der Waals surface area contributed by atoms with E-state index in [2.05, 4.69) is 15.3 Å². The van der Waals surface area contributed by atoms with E-state index in [9.17, 15) is 4.79 Å². The van der Waals surface area contributed by atoms with E-state index in [1.165, 1.54) is 0 Å². The summed E-state index contributed by atoms with van der Waals surface area (Å²) in [6.45, 7) is 0.559. The van der Waals surface area contributed by atoms with Crippen LogP contribution in [0.2, 0.25) is 0 Å². The number of ketones is 1. The summed E-state index contributed by atoms with van der Waals surface area (Å²) < 4.78 is 5.81. The second-order valence-corrected chi connectivity index (χ2v) is 6.79. The third-order valence-electron chi connectivity index (χ3n) is 4.32. The zero-order valence-corrected chi connectivity index (χ0v) is 14.5. The molecule has 0 radical (unpaired) electrons. The second kappa shape index (κ2) is 7.07. The summed E-state index contributed by atoms with van der Waals surface area (Å²) in [6, 6.07) is 7.81. The normalized spacial score (nSPS) is 15.4. The number of aromatic amines is 1. The first-order chi connectivity index (χ1) is 12.3. The zero-order valence-electron chi connectivity index (χ0n) is 13.7. The maximum atomic E-state index is 12.7. The Balaban J connectivity index is 1.46. The van der Waals surface area contributed by atoms with Crippen molar-refractivity contribution < 1.29 is 9.53 Å². The number of hydrogen-bond acceptors (Lipinski definition) is 4. The molecule has 0 aliphatic heterocycles. The van der Waals surface area contributed by atoms with E-state index < -0.39 is 0 Å². The number of Topliss-reactive ketones (excluding diaryl/α,β-unsaturated/α-hetero) is 1. The van der Waals surface area contributed by atoms with Crippen LogP contribution in [0, 0.1) is 0 Å². The second-order valence-electron chi connectivity index (χ2n) is 6.01. The fraction of sp³-hybridized carbons (Fsp3) is 0.200. The van der Waals surface area contributed by atoms with Gasteiger partial charge >= 0.3 is 0 Å². The van der Waals surface area contributed by atoms with Gasteiger partial charge in [0.05, 0.1) is 6.61 Å². The van der Waals surface area contributed by atoms with Gasteiger partial charge in [-0.2, -0.15) is 11.3 Å². The SMILES string of the molecule is O=C1C(=Cc2ccsc2)CCc2cc(OCCc3ncc[nH]3)ccc21. The Morgan fingerprint density at radius 3 is 3.04 bits per heavy atom. The molecule has 4 rings (SSSR count). The molecule has 0 bridgehead atoms. The number of H-pyrrole nitrogens is 1. The number of aryl methyl sites for hydroxylation is 1. The summed E-state index contributed by atoms with van der Waals surface area (Å²) in [6.07, 6.45) is 7.93. The number of nitrogens with zero attached hydrogens (tertiary/aromatic N) is 1. The van der Waals surface area contributed by atoms with Gasteiger partial charge in [-0.15, -0.1) is 0 Å². The van der Waals surface area contributed by atoms with Crippen LogP contribution in [0.15, 0.2) is 53.0 Å². The topological polar surface area (TPSA) is 55.0 Å². The first-order valence-electron chi connectivity index (χ1n) is 8.31. The van der Waals surface area contributed by atoms with Gasteiger partial charge in [0, 0.05) is 30.0 Å². The number of ether oxygens (including phenoxy) is 1. The van der Waals surface area contributed by atoms with E-state index in [0.717, 1.165) is 53.1 Å². The smallest absolute Gasteiger partial charge is 0.189 e. The van der Waals surface area contributed by atoms with Gasteiger partial charge in [0.15, 0.2) is 5.78 Å². The molecule has 0 saturated carbocycles. The average molecular weight is 350 g/mol. The summed E-state index contributed by atoms with van der Waals surface area (Å²) in [5.74, 6) is 1.86. The Labute approximate surface area is 150 Å². The quantitative estimate of drug-likeness (QED) is 0.698. The van der Waals surface area contributed by atoms with Crippen LogP contribution in [0.4, 0.5) is 0 Å². The molecular weight excluding hydrogens is 332 g/mol. The molecule has 5 heteroatoms. The minimum Gasteiger partial charge on any atom is -0.493 e. The fourth-order valence-electron chi connectivity index (χ4n) is 3.04. The molecule has 0 spiro atoms. The fourth-order valence-corrected chi connectivity index (χ4v) is 3.66. The lowest BCUT2D eigenvalue weighted by Gasteiger charge is -2.18. The van der Waals surface area contributed by atoms with Gasteiger partial charge in [-0.05, 0) is 65.1 Å². The Kier molecular flexibility index (Phi) is 4.48. The third-order valence-corrected chi connectivity index (χ3v) is 5.02. The van der Waals surface area contributed by atoms with Gasteiger partial charge in [-0.25, -0.2) is 4.98 Å². The first-order valence-corrected chi connectivity index (χ1v) is 9.25. The molecule has 1 aliphatic carbocycles. The molecule has 1 aromatic carbocycles. The largest absolute Gasteiger partial charge is 0.493 e. The molecule has 1 N–H and O–H groups in total. The van der Waals surface area contributed by atoms with Crippen LogP contribution in [0.3, 0.4) is 0 Å². The highest BCUT2D eigenvalue weighted by atomic mass is 32.1. The molecule has 0 atom stereocenters. The summed E-state index contributed by atoms with van der Waals surface area (Å²) in [5.41, 5.74) is 3.86. The van der Waals surface area contributed by atoms with Crippen LogP contribution < -0.4 is 4.74 Å². The van der Waals surface area contributed by atoms with E-state index in [0.29, 0.717) is 6.61 Å². The molecule has 126 valence electrons. The number of thiophene rings is 1. The van der Waals surface area contributed by atoms with Crippen LogP contribution in [0.1, 0.15) is 33.7 Å². The zero-order chi connectivity index (χ0) is 17.1. The molecule has 0 fully saturated rings. The Bertz CT molecular complexity index is 896. The molecule has 0 amide bonds. The summed E-state index contributed by atoms with van der Waals surface area (Å²) in [7, 11) is 0. The number of aromatic nitrogens is 2. The van der Waals surface area contributed by atoms with Gasteiger partial charge in [-0.3, -0.25) is 4.79 Å². The van der Waals surface area contributed by atoms with Crippen LogP contribution in [0.5, 0.6) is 5.75 Å². The van der Waals surface area contributed by atoms with Gasteiger partial charge in [0.2, 0.25) is 0 Å². The van der Waals surface area contributed by atoms with Crippen molar-refractivity contribution in [2.45, 2.75) is 19.3 Å². The minimum atomic E-state index is 0.134. The number of allylic oxidation sites excluding steroid dienone is 1. The molecule has 25 heavy (non-hydrogen) atoms. The molecule has 2 aromatic heterocycles. The molecular formula is C20H18N2O2S. The monoisotopic (exact) mass is 350 g/mol. The van der Waals surface area contributed by atoms with Gasteiger partial charge in [0.1, 0.15) is 11.6 Å². The third kappa shape index (κ3) is 3.56. The predicted octanol–water partition coefficient (Wildman–Crippen LogP) is 4.31. The summed E-state index contributed by atoms with van der Waals surface area (Å²) in [5, 5.41) is 4.09. The highest BCUT2D eigenvalue weighted by molar-refractivity contribution is 7.08. The molecule has 1 aliphatic rings. The first kappa shape index (κ1) is 15.8. The van der Waals surface area contributed by atoms with Crippen molar-refractivity contribution in [2.75, 3.05) is 6.61 Å². The van der Waals surface area contributed by atoms with E-state index in [1.54, 1.807) is 23.7 Å². The number of fused-ring (bicyclic) bond motifs is 1. The van der Waals surface area contributed by atoms with Crippen molar-refractivity contribution in [1.82, 2.24) is 9.97 Å². The highest BCUT2D eigenvalue weighted by Crippen LogP contribution is 2.29. The van der Waals surface area contributed by atoms with Crippen LogP contribution in [-0.2, 0) is 12.8 Å². The van der Waals surface area contributed by atoms with Crippen molar-refractivity contribution in [3.8, 4) is 5.75 Å². The molecule has 0 unspecified atom stereocenters. The van der Waals surface area contributed by atoms with Gasteiger partial charge in [0.25, 0.3) is 0 Å². The maximum Gasteiger partial charge on any atom is 0.189 e. The Morgan fingerprint density at radius 2 is 2.24 bits per heavy atom. The number of carbonyl (C=O) groups excluding carboxylic acids is 1. The lowest BCUT2D eigenvalue weighted by molar-refractivity contribution is 0.102. The Hall–Kier alpha value is -2.66. The lowest BCUT2D eigenvalue weighted by atomic mass is 9.86. The van der Waals surface area contributed by atoms with E-state index in [4.69, 9.17) is 4.74 Å². The lowest BCUT2D eigenvalue weighted by Crippen LogP contribution is -2.14. The van der Waals surface area contributed by atoms with Crippen LogP contribution in [0.25, 0.3) is 6.08 Å². The number of nitrogens with one attached hydrogen (secondary N) is 1. The van der Waals surface area contributed by atoms with Gasteiger partial charge < -0.3 is 9.72 Å². The van der Waals surface area contributed by atoms with Crippen LogP contribution in [-0.4, -0.2) is 22.4 Å².